The Kier molecular flexibility index (Phi) is 4.87. The Hall–Kier alpha value is -0.580. The average Bonchev–Trinajstić information content (AvgIpc) is 2.41. The topological polar surface area (TPSA) is 35.5 Å². The van der Waals surface area contributed by atoms with Crippen LogP contribution < -0.4 is 10.2 Å². The first-order valence-corrected chi connectivity index (χ1v) is 7.72. The lowest BCUT2D eigenvalue weighted by Gasteiger charge is -2.36. The average molecular weight is 327 g/mol. The zero-order chi connectivity index (χ0) is 14.0. The van der Waals surface area contributed by atoms with E-state index < -0.39 is 0 Å². The van der Waals surface area contributed by atoms with E-state index in [0.717, 1.165) is 24.0 Å². The van der Waals surface area contributed by atoms with Gasteiger partial charge in [0, 0.05) is 23.6 Å². The van der Waals surface area contributed by atoms with Crippen LogP contribution in [0.5, 0.6) is 0 Å². The fourth-order valence-corrected chi connectivity index (χ4v) is 3.13. The maximum Gasteiger partial charge on any atom is 0.0741 e. The summed E-state index contributed by atoms with van der Waals surface area (Å²) in [4.78, 5) is 2.27. The third-order valence-corrected chi connectivity index (χ3v) is 4.80. The van der Waals surface area contributed by atoms with Gasteiger partial charge in [-0.2, -0.15) is 0 Å². The minimum Gasteiger partial charge on any atom is -0.391 e. The van der Waals surface area contributed by atoms with Crippen LogP contribution in [-0.4, -0.2) is 31.3 Å². The number of rotatable bonds is 3. The monoisotopic (exact) mass is 326 g/mol. The summed E-state index contributed by atoms with van der Waals surface area (Å²) in [5, 5.41) is 13.3. The first kappa shape index (κ1) is 14.8. The smallest absolute Gasteiger partial charge is 0.0741 e. The molecule has 0 bridgehead atoms. The largest absolute Gasteiger partial charge is 0.391 e. The van der Waals surface area contributed by atoms with E-state index in [2.05, 4.69) is 58.2 Å². The van der Waals surface area contributed by atoms with E-state index in [1.54, 1.807) is 0 Å². The van der Waals surface area contributed by atoms with Crippen molar-refractivity contribution in [1.29, 1.82) is 0 Å². The van der Waals surface area contributed by atoms with Gasteiger partial charge < -0.3 is 15.3 Å². The Morgan fingerprint density at radius 1 is 1.47 bits per heavy atom. The summed E-state index contributed by atoms with van der Waals surface area (Å²) in [6, 6.07) is 6.82. The fraction of sp³-hybridized carbons (Fsp3) is 0.600. The molecule has 106 valence electrons. The number of nitrogens with zero attached hydrogens (tertiary/aromatic N) is 1. The van der Waals surface area contributed by atoms with Gasteiger partial charge in [-0.15, -0.1) is 0 Å². The summed E-state index contributed by atoms with van der Waals surface area (Å²) in [6.45, 7) is 6.00. The van der Waals surface area contributed by atoms with E-state index in [9.17, 15) is 5.11 Å². The number of halogens is 1. The molecule has 19 heavy (non-hydrogen) atoms. The van der Waals surface area contributed by atoms with Crippen molar-refractivity contribution >= 4 is 21.6 Å². The molecule has 3 nitrogen and oxygen atoms in total. The Balaban J connectivity index is 2.17. The predicted octanol–water partition coefficient (Wildman–Crippen LogP) is 2.94. The molecule has 1 aromatic rings. The van der Waals surface area contributed by atoms with E-state index in [0.29, 0.717) is 12.0 Å². The van der Waals surface area contributed by atoms with Crippen LogP contribution in [0.4, 0.5) is 5.69 Å². The molecular formula is C15H23BrN2O. The van der Waals surface area contributed by atoms with E-state index in [1.165, 1.54) is 11.3 Å². The van der Waals surface area contributed by atoms with Gasteiger partial charge in [-0.3, -0.25) is 0 Å². The molecule has 1 heterocycles. The van der Waals surface area contributed by atoms with Gasteiger partial charge in [0.15, 0.2) is 0 Å². The second kappa shape index (κ2) is 6.25. The minimum atomic E-state index is -0.225. The second-order valence-electron chi connectivity index (χ2n) is 5.50. The molecule has 4 heteroatoms. The number of piperidine rings is 1. The lowest BCUT2D eigenvalue weighted by Crippen LogP contribution is -2.43. The van der Waals surface area contributed by atoms with Gasteiger partial charge in [0.2, 0.25) is 0 Å². The molecule has 0 spiro atoms. The Morgan fingerprint density at radius 2 is 2.21 bits per heavy atom. The zero-order valence-electron chi connectivity index (χ0n) is 11.9. The van der Waals surface area contributed by atoms with Crippen LogP contribution >= 0.6 is 15.9 Å². The van der Waals surface area contributed by atoms with Gasteiger partial charge in [-0.1, -0.05) is 13.0 Å². The summed E-state index contributed by atoms with van der Waals surface area (Å²) < 4.78 is 1.11. The lowest BCUT2D eigenvalue weighted by atomic mass is 9.95. The summed E-state index contributed by atoms with van der Waals surface area (Å²) in [7, 11) is 1.97. The molecule has 3 atom stereocenters. The van der Waals surface area contributed by atoms with Gasteiger partial charge in [-0.05, 0) is 59.9 Å². The van der Waals surface area contributed by atoms with Crippen molar-refractivity contribution in [3.05, 3.63) is 28.2 Å². The lowest BCUT2D eigenvalue weighted by molar-refractivity contribution is 0.103. The SMILES string of the molecule is CNC(C)c1ccc(N2CCC(C)C(O)C2)c(Br)c1. The number of aliphatic hydroxyl groups is 1. The highest BCUT2D eigenvalue weighted by molar-refractivity contribution is 9.10. The molecule has 0 aromatic heterocycles. The number of anilines is 1. The van der Waals surface area contributed by atoms with E-state index in [4.69, 9.17) is 0 Å². The van der Waals surface area contributed by atoms with Gasteiger partial charge in [0.25, 0.3) is 0 Å². The molecule has 0 amide bonds. The van der Waals surface area contributed by atoms with Crippen LogP contribution in [0.2, 0.25) is 0 Å². The van der Waals surface area contributed by atoms with Crippen LogP contribution in [0, 0.1) is 5.92 Å². The number of aliphatic hydroxyl groups excluding tert-OH is 1. The van der Waals surface area contributed by atoms with Crippen LogP contribution in [0.15, 0.2) is 22.7 Å². The standard InChI is InChI=1S/C15H23BrN2O/c1-10-6-7-18(9-15(10)19)14-5-4-12(8-13(14)16)11(2)17-3/h4-5,8,10-11,15,17,19H,6-7,9H2,1-3H3. The van der Waals surface area contributed by atoms with Gasteiger partial charge >= 0.3 is 0 Å². The number of benzene rings is 1. The van der Waals surface area contributed by atoms with Crippen LogP contribution in [0.1, 0.15) is 31.9 Å². The maximum absolute atomic E-state index is 10.0. The zero-order valence-corrected chi connectivity index (χ0v) is 13.4. The van der Waals surface area contributed by atoms with Gasteiger partial charge in [0.05, 0.1) is 11.8 Å². The normalized spacial score (nSPS) is 25.4. The minimum absolute atomic E-state index is 0.225. The Labute approximate surface area is 124 Å². The van der Waals surface area contributed by atoms with E-state index in [-0.39, 0.29) is 6.10 Å². The molecule has 0 aliphatic carbocycles. The number of hydrogen-bond acceptors (Lipinski definition) is 3. The molecule has 1 aromatic carbocycles. The van der Waals surface area contributed by atoms with Gasteiger partial charge in [0.1, 0.15) is 0 Å². The number of β-amino-alcohol motifs (C(OH)–C–C–N with tert-alkyl or cyclic N) is 1. The van der Waals surface area contributed by atoms with Crippen molar-refractivity contribution in [3.8, 4) is 0 Å². The molecule has 1 saturated heterocycles. The first-order chi connectivity index (χ1) is 9.02. The summed E-state index contributed by atoms with van der Waals surface area (Å²) in [5.74, 6) is 0.401. The quantitative estimate of drug-likeness (QED) is 0.896. The first-order valence-electron chi connectivity index (χ1n) is 6.92. The van der Waals surface area contributed by atoms with E-state index >= 15 is 0 Å². The molecule has 1 fully saturated rings. The van der Waals surface area contributed by atoms with Crippen molar-refractivity contribution < 1.29 is 5.11 Å². The molecule has 3 unspecified atom stereocenters. The Morgan fingerprint density at radius 3 is 2.79 bits per heavy atom. The number of hydrogen-bond donors (Lipinski definition) is 2. The fourth-order valence-electron chi connectivity index (χ4n) is 2.48. The molecule has 0 radical (unpaired) electrons. The second-order valence-corrected chi connectivity index (χ2v) is 6.35. The van der Waals surface area contributed by atoms with E-state index in [1.807, 2.05) is 7.05 Å². The molecule has 1 aliphatic heterocycles. The highest BCUT2D eigenvalue weighted by atomic mass is 79.9. The predicted molar refractivity (Wildman–Crippen MR) is 83.6 cm³/mol. The molecule has 0 saturated carbocycles. The highest BCUT2D eigenvalue weighted by Gasteiger charge is 2.25. The maximum atomic E-state index is 10.0. The summed E-state index contributed by atoms with van der Waals surface area (Å²) in [6.07, 6.45) is 0.819. The number of nitrogens with one attached hydrogen (secondary N) is 1. The highest BCUT2D eigenvalue weighted by Crippen LogP contribution is 2.32. The molecule has 2 rings (SSSR count). The van der Waals surface area contributed by atoms with Gasteiger partial charge in [-0.25, -0.2) is 0 Å². The third kappa shape index (κ3) is 3.30. The van der Waals surface area contributed by atoms with Crippen molar-refractivity contribution in [2.75, 3.05) is 25.0 Å². The van der Waals surface area contributed by atoms with Crippen LogP contribution in [0.25, 0.3) is 0 Å². The third-order valence-electron chi connectivity index (χ3n) is 4.16. The van der Waals surface area contributed by atoms with Crippen molar-refractivity contribution in [2.45, 2.75) is 32.4 Å². The summed E-state index contributed by atoms with van der Waals surface area (Å²) in [5.41, 5.74) is 2.45. The Bertz CT molecular complexity index is 438. The molecular weight excluding hydrogens is 304 g/mol. The molecule has 1 aliphatic rings. The van der Waals surface area contributed by atoms with Crippen LogP contribution in [0.3, 0.4) is 0 Å². The van der Waals surface area contributed by atoms with Crippen molar-refractivity contribution in [2.24, 2.45) is 5.92 Å². The van der Waals surface area contributed by atoms with Crippen molar-refractivity contribution in [1.82, 2.24) is 5.32 Å². The van der Waals surface area contributed by atoms with Crippen molar-refractivity contribution in [3.63, 3.8) is 0 Å². The molecule has 2 N–H and O–H groups in total. The van der Waals surface area contributed by atoms with Crippen LogP contribution in [-0.2, 0) is 0 Å². The summed E-state index contributed by atoms with van der Waals surface area (Å²) >= 11 is 3.66.